The number of halogens is 3. The first-order valence-corrected chi connectivity index (χ1v) is 8.22. The standard InChI is InChI=1S/C17H21F3N4O2/c1-24-9-15(22-23-24)14-8-16(25,7-13(21-14)10-26-2)11-3-5-12(6-4-11)17(18,19)20/h3-6,9,13-14,21,25H,7-8,10H2,1-2H3. The van der Waals surface area contributed by atoms with Crippen molar-refractivity contribution in [2.75, 3.05) is 13.7 Å². The van der Waals surface area contributed by atoms with Gasteiger partial charge in [-0.05, 0) is 24.1 Å². The normalized spacial score (nSPS) is 26.8. The highest BCUT2D eigenvalue weighted by atomic mass is 19.4. The van der Waals surface area contributed by atoms with Crippen LogP contribution in [0.3, 0.4) is 0 Å². The van der Waals surface area contributed by atoms with Crippen molar-refractivity contribution < 1.29 is 23.0 Å². The van der Waals surface area contributed by atoms with E-state index < -0.39 is 17.3 Å². The molecule has 0 bridgehead atoms. The largest absolute Gasteiger partial charge is 0.416 e. The lowest BCUT2D eigenvalue weighted by Crippen LogP contribution is -2.50. The fourth-order valence-corrected chi connectivity index (χ4v) is 3.46. The number of piperidine rings is 1. The molecule has 1 aliphatic rings. The van der Waals surface area contributed by atoms with Crippen LogP contribution in [0.2, 0.25) is 0 Å². The number of hydrogen-bond donors (Lipinski definition) is 2. The zero-order chi connectivity index (χ0) is 18.9. The Morgan fingerprint density at radius 3 is 2.54 bits per heavy atom. The van der Waals surface area contributed by atoms with Crippen LogP contribution in [0.4, 0.5) is 13.2 Å². The summed E-state index contributed by atoms with van der Waals surface area (Å²) in [5.41, 5.74) is -0.917. The number of benzene rings is 1. The van der Waals surface area contributed by atoms with Gasteiger partial charge in [-0.3, -0.25) is 4.68 Å². The van der Waals surface area contributed by atoms with Crippen LogP contribution in [-0.4, -0.2) is 39.9 Å². The van der Waals surface area contributed by atoms with Crippen molar-refractivity contribution in [3.05, 3.63) is 47.3 Å². The molecule has 1 aliphatic heterocycles. The summed E-state index contributed by atoms with van der Waals surface area (Å²) < 4.78 is 45.2. The highest BCUT2D eigenvalue weighted by molar-refractivity contribution is 5.30. The van der Waals surface area contributed by atoms with Gasteiger partial charge in [0.25, 0.3) is 0 Å². The van der Waals surface area contributed by atoms with Gasteiger partial charge in [0.1, 0.15) is 0 Å². The third-order valence-electron chi connectivity index (χ3n) is 4.66. The van der Waals surface area contributed by atoms with Gasteiger partial charge in [-0.1, -0.05) is 17.3 Å². The van der Waals surface area contributed by atoms with E-state index in [1.807, 2.05) is 0 Å². The lowest BCUT2D eigenvalue weighted by Gasteiger charge is -2.41. The van der Waals surface area contributed by atoms with Crippen molar-refractivity contribution in [3.63, 3.8) is 0 Å². The third-order valence-corrected chi connectivity index (χ3v) is 4.66. The van der Waals surface area contributed by atoms with E-state index in [0.717, 1.165) is 12.1 Å². The van der Waals surface area contributed by atoms with Crippen molar-refractivity contribution in [2.45, 2.75) is 36.7 Å². The third kappa shape index (κ3) is 3.89. The molecular formula is C17H21F3N4O2. The average Bonchev–Trinajstić information content (AvgIpc) is 3.01. The average molecular weight is 370 g/mol. The second-order valence-corrected chi connectivity index (χ2v) is 6.70. The van der Waals surface area contributed by atoms with Crippen LogP contribution in [0.15, 0.2) is 30.5 Å². The van der Waals surface area contributed by atoms with Crippen molar-refractivity contribution >= 4 is 0 Å². The fraction of sp³-hybridized carbons (Fsp3) is 0.529. The Labute approximate surface area is 149 Å². The molecule has 1 fully saturated rings. The first kappa shape index (κ1) is 18.8. The minimum atomic E-state index is -4.41. The molecule has 1 aromatic heterocycles. The quantitative estimate of drug-likeness (QED) is 0.863. The summed E-state index contributed by atoms with van der Waals surface area (Å²) in [5.74, 6) is 0. The van der Waals surface area contributed by atoms with Crippen molar-refractivity contribution in [2.24, 2.45) is 7.05 Å². The molecule has 1 aromatic carbocycles. The smallest absolute Gasteiger partial charge is 0.385 e. The van der Waals surface area contributed by atoms with E-state index in [0.29, 0.717) is 24.3 Å². The SMILES string of the molecule is COCC1CC(O)(c2ccc(C(F)(F)F)cc2)CC(c2cn(C)nn2)N1. The van der Waals surface area contributed by atoms with Crippen LogP contribution in [0, 0.1) is 0 Å². The second kappa shape index (κ2) is 6.98. The maximum absolute atomic E-state index is 12.8. The molecule has 0 radical (unpaired) electrons. The Morgan fingerprint density at radius 2 is 2.00 bits per heavy atom. The van der Waals surface area contributed by atoms with E-state index in [1.54, 1.807) is 25.0 Å². The number of rotatable bonds is 4. The number of alkyl halides is 3. The van der Waals surface area contributed by atoms with E-state index in [4.69, 9.17) is 4.74 Å². The highest BCUT2D eigenvalue weighted by Gasteiger charge is 2.42. The van der Waals surface area contributed by atoms with Crippen LogP contribution in [0.1, 0.15) is 35.7 Å². The number of ether oxygens (including phenoxy) is 1. The summed E-state index contributed by atoms with van der Waals surface area (Å²) in [4.78, 5) is 0. The van der Waals surface area contributed by atoms with Gasteiger partial charge in [-0.15, -0.1) is 5.10 Å². The molecule has 0 aliphatic carbocycles. The predicted molar refractivity (Wildman–Crippen MR) is 87.1 cm³/mol. The van der Waals surface area contributed by atoms with Gasteiger partial charge in [0.2, 0.25) is 0 Å². The summed E-state index contributed by atoms with van der Waals surface area (Å²) in [5, 5.41) is 22.6. The molecule has 3 rings (SSSR count). The Morgan fingerprint density at radius 1 is 1.31 bits per heavy atom. The fourth-order valence-electron chi connectivity index (χ4n) is 3.46. The monoisotopic (exact) mass is 370 g/mol. The molecule has 9 heteroatoms. The van der Waals surface area contributed by atoms with Gasteiger partial charge >= 0.3 is 6.18 Å². The number of aromatic nitrogens is 3. The summed E-state index contributed by atoms with van der Waals surface area (Å²) in [6.45, 7) is 0.361. The van der Waals surface area contributed by atoms with Gasteiger partial charge in [0.05, 0.1) is 29.5 Å². The molecule has 2 aromatic rings. The summed E-state index contributed by atoms with van der Waals surface area (Å²) in [6, 6.07) is 4.21. The Kier molecular flexibility index (Phi) is 5.05. The molecule has 0 saturated carbocycles. The van der Waals surface area contributed by atoms with Gasteiger partial charge in [-0.25, -0.2) is 0 Å². The first-order chi connectivity index (χ1) is 12.2. The van der Waals surface area contributed by atoms with Crippen LogP contribution < -0.4 is 5.32 Å². The topological polar surface area (TPSA) is 72.2 Å². The number of nitrogens with zero attached hydrogens (tertiary/aromatic N) is 3. The molecule has 1 saturated heterocycles. The van der Waals surface area contributed by atoms with E-state index in [1.165, 1.54) is 12.1 Å². The lowest BCUT2D eigenvalue weighted by molar-refractivity contribution is -0.137. The number of aryl methyl sites for hydroxylation is 1. The zero-order valence-electron chi connectivity index (χ0n) is 14.5. The van der Waals surface area contributed by atoms with Gasteiger partial charge in [0.15, 0.2) is 0 Å². The minimum absolute atomic E-state index is 0.173. The Hall–Kier alpha value is -1.97. The molecule has 0 spiro atoms. The number of nitrogens with one attached hydrogen (secondary N) is 1. The molecule has 0 amide bonds. The molecule has 2 heterocycles. The second-order valence-electron chi connectivity index (χ2n) is 6.70. The summed E-state index contributed by atoms with van der Waals surface area (Å²) in [6.07, 6.45) is -2.06. The van der Waals surface area contributed by atoms with Crippen LogP contribution in [0.5, 0.6) is 0 Å². The molecule has 3 unspecified atom stereocenters. The van der Waals surface area contributed by atoms with E-state index >= 15 is 0 Å². The van der Waals surface area contributed by atoms with Crippen molar-refractivity contribution in [1.82, 2.24) is 20.3 Å². The highest BCUT2D eigenvalue weighted by Crippen LogP contribution is 2.40. The van der Waals surface area contributed by atoms with Gasteiger partial charge in [0, 0.05) is 32.8 Å². The first-order valence-electron chi connectivity index (χ1n) is 8.22. The molecule has 3 atom stereocenters. The summed E-state index contributed by atoms with van der Waals surface area (Å²) >= 11 is 0. The van der Waals surface area contributed by atoms with E-state index in [2.05, 4.69) is 15.6 Å². The van der Waals surface area contributed by atoms with Crippen molar-refractivity contribution in [3.8, 4) is 0 Å². The van der Waals surface area contributed by atoms with E-state index in [-0.39, 0.29) is 18.5 Å². The molecule has 26 heavy (non-hydrogen) atoms. The van der Waals surface area contributed by atoms with Crippen LogP contribution in [0.25, 0.3) is 0 Å². The van der Waals surface area contributed by atoms with Crippen LogP contribution >= 0.6 is 0 Å². The predicted octanol–water partition coefficient (Wildman–Crippen LogP) is 2.16. The number of aliphatic hydroxyl groups is 1. The summed E-state index contributed by atoms with van der Waals surface area (Å²) in [7, 11) is 3.30. The molecule has 6 nitrogen and oxygen atoms in total. The van der Waals surface area contributed by atoms with Crippen molar-refractivity contribution in [1.29, 1.82) is 0 Å². The van der Waals surface area contributed by atoms with Gasteiger partial charge in [-0.2, -0.15) is 13.2 Å². The molecular weight excluding hydrogens is 349 g/mol. The van der Waals surface area contributed by atoms with Crippen LogP contribution in [-0.2, 0) is 23.6 Å². The van der Waals surface area contributed by atoms with Gasteiger partial charge < -0.3 is 15.2 Å². The maximum Gasteiger partial charge on any atom is 0.416 e. The number of methoxy groups -OCH3 is 1. The minimum Gasteiger partial charge on any atom is -0.385 e. The molecule has 2 N–H and O–H groups in total. The van der Waals surface area contributed by atoms with E-state index in [9.17, 15) is 18.3 Å². The Balaban J connectivity index is 1.89. The Bertz CT molecular complexity index is 747. The lowest BCUT2D eigenvalue weighted by atomic mass is 9.78. The zero-order valence-corrected chi connectivity index (χ0v) is 14.5. The maximum atomic E-state index is 12.8. The number of hydrogen-bond acceptors (Lipinski definition) is 5. The molecule has 142 valence electrons.